The van der Waals surface area contributed by atoms with Crippen molar-refractivity contribution < 1.29 is 17.3 Å². The molecule has 5 heteroatoms. The van der Waals surface area contributed by atoms with Gasteiger partial charge in [0.2, 0.25) is 0 Å². The van der Waals surface area contributed by atoms with Gasteiger partial charge >= 0.3 is 0 Å². The molecule has 4 nitrogen and oxygen atoms in total. The van der Waals surface area contributed by atoms with E-state index >= 15 is 0 Å². The van der Waals surface area contributed by atoms with Crippen LogP contribution in [0.1, 0.15) is 32.6 Å². The van der Waals surface area contributed by atoms with Crippen molar-refractivity contribution in [1.29, 1.82) is 0 Å². The molecule has 0 spiro atoms. The van der Waals surface area contributed by atoms with Gasteiger partial charge in [-0.05, 0) is 6.42 Å². The molecule has 84 valence electrons. The van der Waals surface area contributed by atoms with Gasteiger partial charge in [-0.3, -0.25) is 4.18 Å². The fraction of sp³-hybridized carbons (Fsp3) is 1.00. The average molecular weight is 222 g/mol. The standard InChI is InChI=1S/C9H18O4S/c1-3-4-5-12-8-6-9(7-8)13-14(2,10)11/h8-9H,3-7H2,1-2H3. The van der Waals surface area contributed by atoms with Crippen LogP contribution >= 0.6 is 0 Å². The van der Waals surface area contributed by atoms with Crippen molar-refractivity contribution in [2.24, 2.45) is 0 Å². The molecule has 0 amide bonds. The van der Waals surface area contributed by atoms with E-state index in [1.54, 1.807) is 0 Å². The van der Waals surface area contributed by atoms with Gasteiger partial charge in [-0.2, -0.15) is 8.42 Å². The highest BCUT2D eigenvalue weighted by atomic mass is 32.2. The summed E-state index contributed by atoms with van der Waals surface area (Å²) in [7, 11) is -3.29. The molecule has 0 N–H and O–H groups in total. The van der Waals surface area contributed by atoms with Crippen LogP contribution in [0.4, 0.5) is 0 Å². The Kier molecular flexibility index (Phi) is 4.34. The lowest BCUT2D eigenvalue weighted by Gasteiger charge is -2.33. The Morgan fingerprint density at radius 1 is 1.29 bits per heavy atom. The van der Waals surface area contributed by atoms with E-state index in [0.717, 1.165) is 25.7 Å². The Hall–Kier alpha value is -0.130. The highest BCUT2D eigenvalue weighted by molar-refractivity contribution is 7.86. The first-order chi connectivity index (χ1) is 6.51. The van der Waals surface area contributed by atoms with Crippen LogP contribution in [-0.2, 0) is 19.0 Å². The molecule has 0 heterocycles. The minimum absolute atomic E-state index is 0.156. The first-order valence-corrected chi connectivity index (χ1v) is 6.82. The van der Waals surface area contributed by atoms with Crippen molar-refractivity contribution >= 4 is 10.1 Å². The summed E-state index contributed by atoms with van der Waals surface area (Å²) in [6, 6.07) is 0. The topological polar surface area (TPSA) is 52.6 Å². The van der Waals surface area contributed by atoms with Crippen molar-refractivity contribution in [3.05, 3.63) is 0 Å². The molecule has 0 atom stereocenters. The van der Waals surface area contributed by atoms with Gasteiger partial charge in [-0.25, -0.2) is 0 Å². The monoisotopic (exact) mass is 222 g/mol. The summed E-state index contributed by atoms with van der Waals surface area (Å²) < 4.78 is 31.8. The van der Waals surface area contributed by atoms with Gasteiger partial charge in [-0.15, -0.1) is 0 Å². The van der Waals surface area contributed by atoms with E-state index in [-0.39, 0.29) is 12.2 Å². The maximum absolute atomic E-state index is 10.7. The molecule has 1 fully saturated rings. The largest absolute Gasteiger partial charge is 0.378 e. The number of hydrogen-bond acceptors (Lipinski definition) is 4. The zero-order chi connectivity index (χ0) is 10.6. The van der Waals surface area contributed by atoms with Crippen LogP contribution in [0.15, 0.2) is 0 Å². The molecule has 0 radical (unpaired) electrons. The van der Waals surface area contributed by atoms with Crippen molar-refractivity contribution in [2.75, 3.05) is 12.9 Å². The normalized spacial score (nSPS) is 27.3. The van der Waals surface area contributed by atoms with Gasteiger partial charge in [0, 0.05) is 19.4 Å². The molecule has 0 saturated heterocycles. The zero-order valence-electron chi connectivity index (χ0n) is 8.73. The highest BCUT2D eigenvalue weighted by Gasteiger charge is 2.32. The fourth-order valence-corrected chi connectivity index (χ4v) is 2.03. The molecule has 0 aromatic carbocycles. The van der Waals surface area contributed by atoms with Crippen LogP contribution in [0.2, 0.25) is 0 Å². The van der Waals surface area contributed by atoms with Gasteiger partial charge in [0.1, 0.15) is 0 Å². The molecule has 0 aliphatic heterocycles. The Labute approximate surface area is 85.7 Å². The van der Waals surface area contributed by atoms with Crippen molar-refractivity contribution in [3.8, 4) is 0 Å². The SMILES string of the molecule is CCCCOC1CC(OS(C)(=O)=O)C1. The van der Waals surface area contributed by atoms with Crippen molar-refractivity contribution in [1.82, 2.24) is 0 Å². The third-order valence-corrected chi connectivity index (χ3v) is 2.84. The quantitative estimate of drug-likeness (QED) is 0.502. The molecule has 1 saturated carbocycles. The Balaban J connectivity index is 2.06. The molecule has 0 aromatic heterocycles. The van der Waals surface area contributed by atoms with E-state index in [1.807, 2.05) is 0 Å². The molecule has 0 aromatic rings. The van der Waals surface area contributed by atoms with Crippen LogP contribution in [0.3, 0.4) is 0 Å². The zero-order valence-corrected chi connectivity index (χ0v) is 9.55. The van der Waals surface area contributed by atoms with Gasteiger partial charge in [0.25, 0.3) is 10.1 Å². The number of unbranched alkanes of at least 4 members (excludes halogenated alkanes) is 1. The van der Waals surface area contributed by atoms with Crippen molar-refractivity contribution in [3.63, 3.8) is 0 Å². The van der Waals surface area contributed by atoms with Crippen LogP contribution in [-0.4, -0.2) is 33.5 Å². The molecular weight excluding hydrogens is 204 g/mol. The lowest BCUT2D eigenvalue weighted by Crippen LogP contribution is -2.38. The molecule has 1 aliphatic carbocycles. The summed E-state index contributed by atoms with van der Waals surface area (Å²) in [5, 5.41) is 0. The van der Waals surface area contributed by atoms with Crippen LogP contribution in [0.25, 0.3) is 0 Å². The summed E-state index contributed by atoms with van der Waals surface area (Å²) in [5.74, 6) is 0. The average Bonchev–Trinajstić information content (AvgIpc) is 1.97. The predicted octanol–water partition coefficient (Wildman–Crippen LogP) is 1.31. The lowest BCUT2D eigenvalue weighted by molar-refractivity contribution is -0.0589. The van der Waals surface area contributed by atoms with Gasteiger partial charge in [-0.1, -0.05) is 13.3 Å². The minimum atomic E-state index is -3.29. The number of ether oxygens (including phenoxy) is 1. The van der Waals surface area contributed by atoms with Crippen LogP contribution in [0.5, 0.6) is 0 Å². The van der Waals surface area contributed by atoms with E-state index < -0.39 is 10.1 Å². The van der Waals surface area contributed by atoms with Crippen molar-refractivity contribution in [2.45, 2.75) is 44.8 Å². The smallest absolute Gasteiger partial charge is 0.264 e. The summed E-state index contributed by atoms with van der Waals surface area (Å²) >= 11 is 0. The summed E-state index contributed by atoms with van der Waals surface area (Å²) in [6.07, 6.45) is 4.72. The maximum atomic E-state index is 10.7. The molecular formula is C9H18O4S. The van der Waals surface area contributed by atoms with E-state index in [0.29, 0.717) is 12.8 Å². The molecule has 1 aliphatic rings. The Bertz CT molecular complexity index is 254. The number of hydrogen-bond donors (Lipinski definition) is 0. The molecule has 14 heavy (non-hydrogen) atoms. The molecule has 0 bridgehead atoms. The lowest BCUT2D eigenvalue weighted by atomic mass is 9.92. The number of rotatable bonds is 6. The Morgan fingerprint density at radius 2 is 1.93 bits per heavy atom. The minimum Gasteiger partial charge on any atom is -0.378 e. The summed E-state index contributed by atoms with van der Waals surface area (Å²) in [4.78, 5) is 0. The van der Waals surface area contributed by atoms with E-state index in [2.05, 4.69) is 6.92 Å². The first-order valence-electron chi connectivity index (χ1n) is 5.01. The van der Waals surface area contributed by atoms with Crippen LogP contribution in [0, 0.1) is 0 Å². The second kappa shape index (κ2) is 5.09. The second-order valence-corrected chi connectivity index (χ2v) is 5.34. The van der Waals surface area contributed by atoms with E-state index in [1.165, 1.54) is 0 Å². The van der Waals surface area contributed by atoms with Gasteiger partial charge < -0.3 is 4.74 Å². The first kappa shape index (κ1) is 11.9. The fourth-order valence-electron chi connectivity index (χ4n) is 1.37. The third-order valence-electron chi connectivity index (χ3n) is 2.21. The predicted molar refractivity (Wildman–Crippen MR) is 53.6 cm³/mol. The van der Waals surface area contributed by atoms with Crippen LogP contribution < -0.4 is 0 Å². The van der Waals surface area contributed by atoms with E-state index in [9.17, 15) is 8.42 Å². The molecule has 0 unspecified atom stereocenters. The summed E-state index contributed by atoms with van der Waals surface area (Å²) in [5.41, 5.74) is 0. The molecule has 1 rings (SSSR count). The van der Waals surface area contributed by atoms with E-state index in [4.69, 9.17) is 8.92 Å². The van der Waals surface area contributed by atoms with Gasteiger partial charge in [0.15, 0.2) is 0 Å². The highest BCUT2D eigenvalue weighted by Crippen LogP contribution is 2.27. The van der Waals surface area contributed by atoms with Gasteiger partial charge in [0.05, 0.1) is 18.5 Å². The third kappa shape index (κ3) is 4.39. The summed E-state index contributed by atoms with van der Waals surface area (Å²) in [6.45, 7) is 2.88. The maximum Gasteiger partial charge on any atom is 0.264 e. The second-order valence-electron chi connectivity index (χ2n) is 3.74. The Morgan fingerprint density at radius 3 is 2.43 bits per heavy atom.